The Morgan fingerprint density at radius 1 is 1.04 bits per heavy atom. The molecule has 276 valence electrons. The molecule has 7 nitrogen and oxygen atoms in total. The summed E-state index contributed by atoms with van der Waals surface area (Å²) >= 11 is 1.46. The monoisotopic (exact) mass is 742 g/mol. The van der Waals surface area contributed by atoms with Crippen molar-refractivity contribution in [2.75, 3.05) is 13.4 Å². The Kier molecular flexibility index (Phi) is 13.7. The highest BCUT2D eigenvalue weighted by Crippen LogP contribution is 2.52. The Balaban J connectivity index is 1.94. The summed E-state index contributed by atoms with van der Waals surface area (Å²) < 4.78 is 50.2. The summed E-state index contributed by atoms with van der Waals surface area (Å²) in [4.78, 5) is 13.7. The molecule has 1 heterocycles. The Morgan fingerprint density at radius 3 is 2.17 bits per heavy atom. The maximum atomic E-state index is 12.6. The maximum absolute atomic E-state index is 12.6. The molecule has 0 spiro atoms. The molecule has 1 aromatic heterocycles. The Bertz CT molecular complexity index is 1340. The second kappa shape index (κ2) is 15.8. The first-order valence-electron chi connectivity index (χ1n) is 18.0. The van der Waals surface area contributed by atoms with Crippen LogP contribution in [0.25, 0.3) is 0 Å². The minimum absolute atomic E-state index is 0.0168. The molecule has 2 aliphatic rings. The van der Waals surface area contributed by atoms with E-state index in [0.717, 1.165) is 43.2 Å². The first-order valence-corrected chi connectivity index (χ1v) is 26.5. The SMILES string of the molecule is CCC1(C(C/C=C/[C@@H]2[C@@H](CCCc3ccc(C(=O)OC)s3)[C@@H](OS(C)(=O)=O)C[C@H]2O[Si](C)(C)C(C)(C)C)O[Si](C)(C)C(C)(C)C)CCC1. The number of carbonyl (C=O) groups excluding carboxylic acids is 1. The molecular formula is C37H66O7S2Si2. The topological polar surface area (TPSA) is 88.1 Å². The molecule has 0 aromatic carbocycles. The number of esters is 1. The highest BCUT2D eigenvalue weighted by Gasteiger charge is 2.50. The van der Waals surface area contributed by atoms with Crippen LogP contribution < -0.4 is 0 Å². The standard InChI is InChI=1S/C37H66O7S2Si2/c1-14-37(24-17-25-37)33(44-48(12,13)36(5,6)7)21-16-20-29-28(19-15-18-27-22-23-32(45-27)34(38)41-8)30(42-46(9,39)40)26-31(29)43-47(10,11)35(2,3)4/h16,20,22-23,28-31,33H,14-15,17-19,21,24-26H2,1-13H3/b20-16+/t28-,29-,30+,31-,33?/m1/s1. The van der Waals surface area contributed by atoms with Crippen molar-refractivity contribution in [1.82, 2.24) is 0 Å². The lowest BCUT2D eigenvalue weighted by Gasteiger charge is -2.51. The molecule has 1 unspecified atom stereocenters. The summed E-state index contributed by atoms with van der Waals surface area (Å²) in [5.74, 6) is -0.316. The Labute approximate surface area is 299 Å². The van der Waals surface area contributed by atoms with Gasteiger partial charge < -0.3 is 13.6 Å². The van der Waals surface area contributed by atoms with E-state index >= 15 is 0 Å². The largest absolute Gasteiger partial charge is 0.465 e. The first kappa shape index (κ1) is 41.6. The van der Waals surface area contributed by atoms with Crippen molar-refractivity contribution in [2.24, 2.45) is 17.3 Å². The van der Waals surface area contributed by atoms with E-state index in [2.05, 4.69) is 86.8 Å². The number of methoxy groups -OCH3 is 1. The summed E-state index contributed by atoms with van der Waals surface area (Å²) in [7, 11) is -6.44. The van der Waals surface area contributed by atoms with Crippen molar-refractivity contribution in [3.8, 4) is 0 Å². The van der Waals surface area contributed by atoms with Crippen molar-refractivity contribution in [2.45, 2.75) is 161 Å². The van der Waals surface area contributed by atoms with E-state index in [1.54, 1.807) is 0 Å². The van der Waals surface area contributed by atoms with Crippen molar-refractivity contribution >= 4 is 44.1 Å². The normalized spacial score (nSPS) is 24.5. The third-order valence-corrected chi connectivity index (χ3v) is 22.8. The minimum atomic E-state index is -3.67. The van der Waals surface area contributed by atoms with E-state index in [4.69, 9.17) is 17.8 Å². The lowest BCUT2D eigenvalue weighted by atomic mass is 9.63. The molecule has 1 aromatic rings. The van der Waals surface area contributed by atoms with Gasteiger partial charge in [-0.2, -0.15) is 8.42 Å². The first-order chi connectivity index (χ1) is 22.0. The van der Waals surface area contributed by atoms with Gasteiger partial charge in [0.15, 0.2) is 16.6 Å². The van der Waals surface area contributed by atoms with Crippen LogP contribution in [0.5, 0.6) is 0 Å². The van der Waals surface area contributed by atoms with E-state index in [9.17, 15) is 13.2 Å². The van der Waals surface area contributed by atoms with Gasteiger partial charge in [-0.15, -0.1) is 11.3 Å². The van der Waals surface area contributed by atoms with Gasteiger partial charge in [0, 0.05) is 17.2 Å². The van der Waals surface area contributed by atoms with Crippen molar-refractivity contribution in [1.29, 1.82) is 0 Å². The third kappa shape index (κ3) is 10.4. The molecule has 48 heavy (non-hydrogen) atoms. The van der Waals surface area contributed by atoms with E-state index in [0.29, 0.717) is 11.3 Å². The van der Waals surface area contributed by atoms with Gasteiger partial charge in [-0.25, -0.2) is 4.79 Å². The summed E-state index contributed by atoms with van der Waals surface area (Å²) in [5, 5.41) is 0.144. The van der Waals surface area contributed by atoms with Gasteiger partial charge in [-0.05, 0) is 105 Å². The van der Waals surface area contributed by atoms with Crippen molar-refractivity contribution in [3.05, 3.63) is 34.0 Å². The molecule has 0 aliphatic heterocycles. The van der Waals surface area contributed by atoms with Crippen LogP contribution in [0.3, 0.4) is 0 Å². The molecule has 2 aliphatic carbocycles. The molecule has 2 saturated carbocycles. The number of carbonyl (C=O) groups is 1. The molecule has 0 radical (unpaired) electrons. The molecule has 3 rings (SSSR count). The second-order valence-electron chi connectivity index (χ2n) is 17.5. The molecule has 5 atom stereocenters. The molecule has 0 N–H and O–H groups in total. The molecule has 2 fully saturated rings. The smallest absolute Gasteiger partial charge is 0.348 e. The second-order valence-corrected chi connectivity index (χ2v) is 29.8. The average molecular weight is 743 g/mol. The van der Waals surface area contributed by atoms with Crippen LogP contribution >= 0.6 is 11.3 Å². The number of rotatable bonds is 16. The zero-order chi connectivity index (χ0) is 36.3. The highest BCUT2D eigenvalue weighted by atomic mass is 32.2. The summed E-state index contributed by atoms with van der Waals surface area (Å²) in [5.41, 5.74) is 0.220. The summed E-state index contributed by atoms with van der Waals surface area (Å²) in [6, 6.07) is 3.81. The maximum Gasteiger partial charge on any atom is 0.348 e. The Morgan fingerprint density at radius 2 is 1.67 bits per heavy atom. The molecule has 0 bridgehead atoms. The van der Waals surface area contributed by atoms with Gasteiger partial charge in [0.2, 0.25) is 0 Å². The molecular weight excluding hydrogens is 677 g/mol. The van der Waals surface area contributed by atoms with E-state index in [1.165, 1.54) is 37.7 Å². The van der Waals surface area contributed by atoms with Gasteiger partial charge in [-0.3, -0.25) is 4.18 Å². The zero-order valence-electron chi connectivity index (χ0n) is 32.2. The predicted octanol–water partition coefficient (Wildman–Crippen LogP) is 10.1. The molecule has 0 saturated heterocycles. The third-order valence-electron chi connectivity index (χ3n) is 12.1. The lowest BCUT2D eigenvalue weighted by Crippen LogP contribution is -2.51. The lowest BCUT2D eigenvalue weighted by molar-refractivity contribution is -0.0273. The van der Waals surface area contributed by atoms with Crippen LogP contribution in [0.2, 0.25) is 36.3 Å². The number of thiophene rings is 1. The summed E-state index contributed by atoms with van der Waals surface area (Å²) in [6.07, 6.45) is 14.0. The minimum Gasteiger partial charge on any atom is -0.465 e. The van der Waals surface area contributed by atoms with E-state index in [1.807, 2.05) is 12.1 Å². The molecule has 11 heteroatoms. The average Bonchev–Trinajstić information content (AvgIpc) is 3.50. The summed E-state index contributed by atoms with van der Waals surface area (Å²) in [6.45, 7) is 25.2. The van der Waals surface area contributed by atoms with Gasteiger partial charge in [-0.1, -0.05) is 67.0 Å². The van der Waals surface area contributed by atoms with Crippen LogP contribution in [-0.4, -0.2) is 62.7 Å². The van der Waals surface area contributed by atoms with Crippen molar-refractivity contribution < 1.29 is 31.0 Å². The van der Waals surface area contributed by atoms with Crippen LogP contribution in [-0.2, 0) is 34.3 Å². The number of ether oxygens (including phenoxy) is 1. The number of aryl methyl sites for hydroxylation is 1. The van der Waals surface area contributed by atoms with Crippen LogP contribution in [0.1, 0.15) is 114 Å². The van der Waals surface area contributed by atoms with E-state index < -0.39 is 32.9 Å². The fourth-order valence-corrected chi connectivity index (χ4v) is 11.2. The van der Waals surface area contributed by atoms with Gasteiger partial charge in [0.1, 0.15) is 4.88 Å². The van der Waals surface area contributed by atoms with Crippen LogP contribution in [0.15, 0.2) is 24.3 Å². The van der Waals surface area contributed by atoms with Crippen molar-refractivity contribution in [3.63, 3.8) is 0 Å². The van der Waals surface area contributed by atoms with E-state index in [-0.39, 0.29) is 45.5 Å². The number of hydrogen-bond acceptors (Lipinski definition) is 8. The fourth-order valence-electron chi connectivity index (χ4n) is 6.83. The zero-order valence-corrected chi connectivity index (χ0v) is 35.9. The van der Waals surface area contributed by atoms with Crippen LogP contribution in [0.4, 0.5) is 0 Å². The van der Waals surface area contributed by atoms with Gasteiger partial charge in [0.05, 0.1) is 31.7 Å². The Hall–Kier alpha value is -0.826. The number of hydrogen-bond donors (Lipinski definition) is 0. The molecule has 0 amide bonds. The van der Waals surface area contributed by atoms with Crippen LogP contribution in [0, 0.1) is 17.3 Å². The highest BCUT2D eigenvalue weighted by molar-refractivity contribution is 7.86. The predicted molar refractivity (Wildman–Crippen MR) is 204 cm³/mol. The van der Waals surface area contributed by atoms with Gasteiger partial charge >= 0.3 is 5.97 Å². The van der Waals surface area contributed by atoms with Gasteiger partial charge in [0.25, 0.3) is 10.1 Å². The fraction of sp³-hybridized carbons (Fsp3) is 0.811. The quantitative estimate of drug-likeness (QED) is 0.0721.